The molecule has 0 radical (unpaired) electrons. The van der Waals surface area contributed by atoms with Crippen molar-refractivity contribution in [1.82, 2.24) is 5.32 Å². The van der Waals surface area contributed by atoms with Gasteiger partial charge < -0.3 is 10.4 Å². The van der Waals surface area contributed by atoms with E-state index >= 15 is 0 Å². The Kier molecular flexibility index (Phi) is 3.67. The summed E-state index contributed by atoms with van der Waals surface area (Å²) in [7, 11) is 0. The molecular weight excluding hydrogens is 295 g/mol. The molecule has 1 aromatic rings. The molecule has 2 N–H and O–H groups in total. The molecule has 3 rings (SSSR count). The number of halogens is 3. The first-order valence-electron chi connectivity index (χ1n) is 7.46. The number of piperidine rings is 1. The van der Waals surface area contributed by atoms with Crippen LogP contribution >= 0.6 is 0 Å². The standard InChI is InChI=1S/C16H18F3NO2/c17-16(18,19)12-3-1-11(2-4-12)15-6-5-13(20-15)7-10(9-15)8-14(21)22/h1-4,10,13,20H,5-9H2,(H,21,22)/t10?,13-,15+/m1/s1. The highest BCUT2D eigenvalue weighted by Crippen LogP contribution is 2.46. The van der Waals surface area contributed by atoms with Crippen molar-refractivity contribution >= 4 is 5.97 Å². The Morgan fingerprint density at radius 3 is 2.59 bits per heavy atom. The molecule has 3 nitrogen and oxygen atoms in total. The van der Waals surface area contributed by atoms with Crippen LogP contribution in [0.15, 0.2) is 24.3 Å². The average Bonchev–Trinajstić information content (AvgIpc) is 2.74. The molecule has 120 valence electrons. The molecule has 0 aromatic heterocycles. The third kappa shape index (κ3) is 2.84. The van der Waals surface area contributed by atoms with Gasteiger partial charge >= 0.3 is 12.1 Å². The Morgan fingerprint density at radius 2 is 2.00 bits per heavy atom. The van der Waals surface area contributed by atoms with Gasteiger partial charge in [-0.25, -0.2) is 0 Å². The molecule has 0 saturated carbocycles. The Morgan fingerprint density at radius 1 is 1.32 bits per heavy atom. The van der Waals surface area contributed by atoms with Gasteiger partial charge in [0.05, 0.1) is 5.56 Å². The van der Waals surface area contributed by atoms with E-state index in [1.807, 2.05) is 0 Å². The minimum Gasteiger partial charge on any atom is -0.481 e. The number of aliphatic carboxylic acids is 1. The lowest BCUT2D eigenvalue weighted by atomic mass is 9.77. The largest absolute Gasteiger partial charge is 0.481 e. The van der Waals surface area contributed by atoms with Crippen molar-refractivity contribution in [2.24, 2.45) is 5.92 Å². The first-order chi connectivity index (χ1) is 10.3. The molecule has 1 unspecified atom stereocenters. The molecule has 2 aliphatic heterocycles. The fourth-order valence-corrected chi connectivity index (χ4v) is 4.00. The molecule has 0 aliphatic carbocycles. The van der Waals surface area contributed by atoms with Crippen molar-refractivity contribution < 1.29 is 23.1 Å². The summed E-state index contributed by atoms with van der Waals surface area (Å²) in [6.07, 6.45) is -0.924. The summed E-state index contributed by atoms with van der Waals surface area (Å²) in [4.78, 5) is 11.0. The average molecular weight is 313 g/mol. The lowest BCUT2D eigenvalue weighted by Gasteiger charge is -2.39. The van der Waals surface area contributed by atoms with E-state index in [0.29, 0.717) is 6.42 Å². The summed E-state index contributed by atoms with van der Waals surface area (Å²) in [6.45, 7) is 0. The van der Waals surface area contributed by atoms with Gasteiger partial charge in [0.1, 0.15) is 0 Å². The molecule has 2 fully saturated rings. The van der Waals surface area contributed by atoms with E-state index in [0.717, 1.165) is 37.0 Å². The minimum absolute atomic E-state index is 0.0774. The van der Waals surface area contributed by atoms with E-state index in [2.05, 4.69) is 5.32 Å². The lowest BCUT2D eigenvalue weighted by Crippen LogP contribution is -2.47. The predicted octanol–water partition coefficient (Wildman–Crippen LogP) is 3.54. The second-order valence-electron chi connectivity index (χ2n) is 6.44. The zero-order valence-electron chi connectivity index (χ0n) is 12.0. The van der Waals surface area contributed by atoms with Crippen LogP contribution in [0, 0.1) is 5.92 Å². The SMILES string of the molecule is O=C(O)CC1C[C@H]2CC[C@@](c3ccc(C(F)(F)F)cc3)(C1)N2. The third-order valence-electron chi connectivity index (χ3n) is 4.88. The Balaban J connectivity index is 1.84. The molecule has 2 bridgehead atoms. The molecule has 6 heteroatoms. The number of hydrogen-bond acceptors (Lipinski definition) is 2. The van der Waals surface area contributed by atoms with E-state index in [9.17, 15) is 18.0 Å². The van der Waals surface area contributed by atoms with Crippen molar-refractivity contribution in [3.63, 3.8) is 0 Å². The zero-order valence-corrected chi connectivity index (χ0v) is 12.0. The number of carboxylic acids is 1. The highest BCUT2D eigenvalue weighted by molar-refractivity contribution is 5.67. The number of fused-ring (bicyclic) bond motifs is 2. The normalized spacial score (nSPS) is 31.2. The van der Waals surface area contributed by atoms with Crippen LogP contribution in [0.3, 0.4) is 0 Å². The summed E-state index contributed by atoms with van der Waals surface area (Å²) in [5.41, 5.74) is -0.189. The third-order valence-corrected chi connectivity index (χ3v) is 4.88. The van der Waals surface area contributed by atoms with Gasteiger partial charge in [0.2, 0.25) is 0 Å². The van der Waals surface area contributed by atoms with Gasteiger partial charge in [-0.2, -0.15) is 13.2 Å². The maximum absolute atomic E-state index is 12.7. The number of hydrogen-bond donors (Lipinski definition) is 2. The molecule has 1 aromatic carbocycles. The molecule has 2 aliphatic rings. The Bertz CT molecular complexity index is 570. The predicted molar refractivity (Wildman–Crippen MR) is 74.3 cm³/mol. The molecule has 2 heterocycles. The molecule has 2 saturated heterocycles. The minimum atomic E-state index is -4.33. The summed E-state index contributed by atoms with van der Waals surface area (Å²) in [5.74, 6) is -0.734. The highest BCUT2D eigenvalue weighted by Gasteiger charge is 2.46. The van der Waals surface area contributed by atoms with Crippen molar-refractivity contribution in [3.05, 3.63) is 35.4 Å². The smallest absolute Gasteiger partial charge is 0.416 e. The number of carbonyl (C=O) groups is 1. The summed E-state index contributed by atoms with van der Waals surface area (Å²) in [6, 6.07) is 5.54. The highest BCUT2D eigenvalue weighted by atomic mass is 19.4. The molecule has 0 amide bonds. The van der Waals surface area contributed by atoms with Crippen molar-refractivity contribution in [2.45, 2.75) is 49.9 Å². The van der Waals surface area contributed by atoms with Crippen LogP contribution in [0.1, 0.15) is 43.2 Å². The van der Waals surface area contributed by atoms with Crippen LogP contribution in [0.2, 0.25) is 0 Å². The fraction of sp³-hybridized carbons (Fsp3) is 0.562. The lowest BCUT2D eigenvalue weighted by molar-refractivity contribution is -0.139. The van der Waals surface area contributed by atoms with Gasteiger partial charge in [0.25, 0.3) is 0 Å². The van der Waals surface area contributed by atoms with E-state index in [-0.39, 0.29) is 23.9 Å². The summed E-state index contributed by atoms with van der Waals surface area (Å²) >= 11 is 0. The Hall–Kier alpha value is -1.56. The van der Waals surface area contributed by atoms with Crippen LogP contribution in [0.5, 0.6) is 0 Å². The van der Waals surface area contributed by atoms with Gasteiger partial charge in [-0.05, 0) is 49.3 Å². The molecule has 22 heavy (non-hydrogen) atoms. The van der Waals surface area contributed by atoms with E-state index in [4.69, 9.17) is 5.11 Å². The topological polar surface area (TPSA) is 49.3 Å². The zero-order chi connectivity index (χ0) is 16.0. The summed E-state index contributed by atoms with van der Waals surface area (Å²) in [5, 5.41) is 12.5. The first-order valence-corrected chi connectivity index (χ1v) is 7.46. The number of benzene rings is 1. The van der Waals surface area contributed by atoms with E-state index in [1.54, 1.807) is 0 Å². The van der Waals surface area contributed by atoms with Crippen LogP contribution in [0.4, 0.5) is 13.2 Å². The van der Waals surface area contributed by atoms with E-state index in [1.165, 1.54) is 12.1 Å². The van der Waals surface area contributed by atoms with E-state index < -0.39 is 17.7 Å². The van der Waals surface area contributed by atoms with Gasteiger partial charge in [-0.3, -0.25) is 4.79 Å². The van der Waals surface area contributed by atoms with Crippen molar-refractivity contribution in [3.8, 4) is 0 Å². The number of carboxylic acid groups (broad SMARTS) is 1. The van der Waals surface area contributed by atoms with Crippen LogP contribution in [0.25, 0.3) is 0 Å². The van der Waals surface area contributed by atoms with Gasteiger partial charge in [-0.15, -0.1) is 0 Å². The van der Waals surface area contributed by atoms with Crippen LogP contribution in [-0.4, -0.2) is 17.1 Å². The molecule has 3 atom stereocenters. The molecule has 0 spiro atoms. The van der Waals surface area contributed by atoms with Crippen LogP contribution < -0.4 is 5.32 Å². The molecular formula is C16H18F3NO2. The summed E-state index contributed by atoms with van der Waals surface area (Å²) < 4.78 is 38.0. The van der Waals surface area contributed by atoms with Crippen molar-refractivity contribution in [1.29, 1.82) is 0 Å². The maximum Gasteiger partial charge on any atom is 0.416 e. The quantitative estimate of drug-likeness (QED) is 0.897. The number of nitrogens with one attached hydrogen (secondary N) is 1. The monoisotopic (exact) mass is 313 g/mol. The maximum atomic E-state index is 12.7. The number of alkyl halides is 3. The van der Waals surface area contributed by atoms with Gasteiger partial charge in [0.15, 0.2) is 0 Å². The first kappa shape index (κ1) is 15.3. The van der Waals surface area contributed by atoms with Gasteiger partial charge in [0, 0.05) is 18.0 Å². The van der Waals surface area contributed by atoms with Gasteiger partial charge in [-0.1, -0.05) is 12.1 Å². The van der Waals surface area contributed by atoms with Crippen LogP contribution in [-0.2, 0) is 16.5 Å². The van der Waals surface area contributed by atoms with Crippen molar-refractivity contribution in [2.75, 3.05) is 0 Å². The second kappa shape index (κ2) is 5.26. The second-order valence-corrected chi connectivity index (χ2v) is 6.44. The fourth-order valence-electron chi connectivity index (χ4n) is 4.00. The Labute approximate surface area is 126 Å². The number of rotatable bonds is 3.